The van der Waals surface area contributed by atoms with E-state index in [-0.39, 0.29) is 0 Å². The topological polar surface area (TPSA) is 26.0 Å². The first-order chi connectivity index (χ1) is 8.45. The normalized spacial score (nSPS) is 16.0. The molecule has 0 fully saturated rings. The van der Waals surface area contributed by atoms with Gasteiger partial charge in [-0.05, 0) is 19.3 Å². The van der Waals surface area contributed by atoms with Gasteiger partial charge in [0.15, 0.2) is 0 Å². The van der Waals surface area contributed by atoms with Gasteiger partial charge in [-0.1, -0.05) is 48.3 Å². The van der Waals surface area contributed by atoms with Crippen LogP contribution in [0.15, 0.2) is 34.9 Å². The molecule has 0 unspecified atom stereocenters. The maximum atomic E-state index is 5.53. The van der Waals surface area contributed by atoms with Crippen LogP contribution in [0.2, 0.25) is 0 Å². The Morgan fingerprint density at radius 1 is 0.882 bits per heavy atom. The number of rotatable bonds is 1. The van der Waals surface area contributed by atoms with Crippen LogP contribution in [0, 0.1) is 0 Å². The van der Waals surface area contributed by atoms with Crippen LogP contribution >= 0.6 is 0 Å². The third kappa shape index (κ3) is 2.12. The van der Waals surface area contributed by atoms with Crippen molar-refractivity contribution in [1.82, 2.24) is 5.16 Å². The fourth-order valence-electron chi connectivity index (χ4n) is 2.56. The lowest BCUT2D eigenvalue weighted by molar-refractivity contribution is 0.375. The minimum absolute atomic E-state index is 1.05. The van der Waals surface area contributed by atoms with Gasteiger partial charge in [0.25, 0.3) is 0 Å². The van der Waals surface area contributed by atoms with Crippen molar-refractivity contribution in [2.24, 2.45) is 0 Å². The highest BCUT2D eigenvalue weighted by Gasteiger charge is 2.18. The second-order valence-corrected chi connectivity index (χ2v) is 4.71. The quantitative estimate of drug-likeness (QED) is 0.736. The summed E-state index contributed by atoms with van der Waals surface area (Å²) in [5, 5.41) is 4.28. The van der Waals surface area contributed by atoms with Crippen molar-refractivity contribution < 1.29 is 4.52 Å². The molecule has 17 heavy (non-hydrogen) atoms. The van der Waals surface area contributed by atoms with Gasteiger partial charge in [-0.3, -0.25) is 0 Å². The van der Waals surface area contributed by atoms with Gasteiger partial charge in [0.1, 0.15) is 11.5 Å². The minimum atomic E-state index is 1.05. The Morgan fingerprint density at radius 3 is 2.47 bits per heavy atom. The lowest BCUT2D eigenvalue weighted by Crippen LogP contribution is -1.97. The Labute approximate surface area is 102 Å². The third-order valence-electron chi connectivity index (χ3n) is 3.50. The molecule has 0 aliphatic heterocycles. The number of nitrogens with zero attached hydrogens (tertiary/aromatic N) is 1. The summed E-state index contributed by atoms with van der Waals surface area (Å²) in [6.07, 6.45) is 7.31. The monoisotopic (exact) mass is 227 g/mol. The molecule has 1 aromatic carbocycles. The van der Waals surface area contributed by atoms with Crippen molar-refractivity contribution in [2.45, 2.75) is 38.5 Å². The highest BCUT2D eigenvalue weighted by atomic mass is 16.5. The number of aryl methyl sites for hydroxylation is 1. The van der Waals surface area contributed by atoms with E-state index < -0.39 is 0 Å². The van der Waals surface area contributed by atoms with E-state index in [0.717, 1.165) is 24.3 Å². The largest absolute Gasteiger partial charge is 0.360 e. The lowest BCUT2D eigenvalue weighted by Gasteiger charge is -2.08. The van der Waals surface area contributed by atoms with Gasteiger partial charge in [-0.2, -0.15) is 0 Å². The average Bonchev–Trinajstić information content (AvgIpc) is 2.72. The van der Waals surface area contributed by atoms with E-state index in [2.05, 4.69) is 29.4 Å². The average molecular weight is 227 g/mol. The molecule has 0 saturated heterocycles. The molecule has 0 N–H and O–H groups in total. The molecule has 0 spiro atoms. The van der Waals surface area contributed by atoms with Gasteiger partial charge in [0.05, 0.1) is 0 Å². The summed E-state index contributed by atoms with van der Waals surface area (Å²) in [5.74, 6) is 1.11. The zero-order valence-corrected chi connectivity index (χ0v) is 9.98. The molecule has 2 nitrogen and oxygen atoms in total. The number of benzene rings is 1. The molecule has 1 heterocycles. The summed E-state index contributed by atoms with van der Waals surface area (Å²) in [5.41, 5.74) is 3.58. The van der Waals surface area contributed by atoms with Crippen LogP contribution in [0.25, 0.3) is 11.3 Å². The van der Waals surface area contributed by atoms with Crippen molar-refractivity contribution in [1.29, 1.82) is 0 Å². The van der Waals surface area contributed by atoms with Crippen molar-refractivity contribution in [2.75, 3.05) is 0 Å². The Bertz CT molecular complexity index is 487. The molecular weight excluding hydrogens is 210 g/mol. The summed E-state index contributed by atoms with van der Waals surface area (Å²) in [4.78, 5) is 0. The SMILES string of the molecule is c1ccc(-c2noc3c2CCCCCC3)cc1. The van der Waals surface area contributed by atoms with Crippen LogP contribution in [0.4, 0.5) is 0 Å². The zero-order chi connectivity index (χ0) is 11.5. The predicted molar refractivity (Wildman–Crippen MR) is 67.8 cm³/mol. The van der Waals surface area contributed by atoms with Crippen LogP contribution in [0.1, 0.15) is 37.0 Å². The van der Waals surface area contributed by atoms with Gasteiger partial charge < -0.3 is 4.52 Å². The summed E-state index contributed by atoms with van der Waals surface area (Å²) >= 11 is 0. The summed E-state index contributed by atoms with van der Waals surface area (Å²) in [7, 11) is 0. The van der Waals surface area contributed by atoms with Gasteiger partial charge >= 0.3 is 0 Å². The molecule has 1 aromatic heterocycles. The van der Waals surface area contributed by atoms with Gasteiger partial charge in [0.2, 0.25) is 0 Å². The summed E-state index contributed by atoms with van der Waals surface area (Å²) in [6, 6.07) is 10.4. The standard InChI is InChI=1S/C15H17NO/c1-2-7-11-14-13(10-6-1)15(16-17-14)12-8-4-3-5-9-12/h3-5,8-9H,1-2,6-7,10-11H2. The Morgan fingerprint density at radius 2 is 1.65 bits per heavy atom. The van der Waals surface area contributed by atoms with Crippen molar-refractivity contribution in [3.05, 3.63) is 41.7 Å². The first-order valence-corrected chi connectivity index (χ1v) is 6.48. The molecule has 0 saturated carbocycles. The lowest BCUT2D eigenvalue weighted by atomic mass is 9.95. The molecule has 1 aliphatic rings. The van der Waals surface area contributed by atoms with Crippen LogP contribution in [-0.2, 0) is 12.8 Å². The number of aromatic nitrogens is 1. The molecule has 88 valence electrons. The van der Waals surface area contributed by atoms with Crippen molar-refractivity contribution >= 4 is 0 Å². The Balaban J connectivity index is 2.01. The highest BCUT2D eigenvalue weighted by molar-refractivity contribution is 5.63. The fourth-order valence-corrected chi connectivity index (χ4v) is 2.56. The van der Waals surface area contributed by atoms with Gasteiger partial charge in [-0.25, -0.2) is 0 Å². The van der Waals surface area contributed by atoms with E-state index in [9.17, 15) is 0 Å². The van der Waals surface area contributed by atoms with Gasteiger partial charge in [0, 0.05) is 17.5 Å². The van der Waals surface area contributed by atoms with Crippen LogP contribution in [0.3, 0.4) is 0 Å². The van der Waals surface area contributed by atoms with Crippen LogP contribution < -0.4 is 0 Å². The third-order valence-corrected chi connectivity index (χ3v) is 3.50. The molecule has 2 heteroatoms. The second kappa shape index (κ2) is 4.74. The minimum Gasteiger partial charge on any atom is -0.360 e. The van der Waals surface area contributed by atoms with Crippen molar-refractivity contribution in [3.63, 3.8) is 0 Å². The smallest absolute Gasteiger partial charge is 0.140 e. The molecule has 2 aromatic rings. The van der Waals surface area contributed by atoms with E-state index in [0.29, 0.717) is 0 Å². The fraction of sp³-hybridized carbons (Fsp3) is 0.400. The van der Waals surface area contributed by atoms with E-state index in [1.165, 1.54) is 36.8 Å². The molecule has 0 bridgehead atoms. The second-order valence-electron chi connectivity index (χ2n) is 4.71. The van der Waals surface area contributed by atoms with Gasteiger partial charge in [-0.15, -0.1) is 0 Å². The molecule has 0 radical (unpaired) electrons. The Kier molecular flexibility index (Phi) is 2.95. The molecular formula is C15H17NO. The van der Waals surface area contributed by atoms with E-state index >= 15 is 0 Å². The van der Waals surface area contributed by atoms with Crippen molar-refractivity contribution in [3.8, 4) is 11.3 Å². The zero-order valence-electron chi connectivity index (χ0n) is 9.98. The van der Waals surface area contributed by atoms with Crippen LogP contribution in [-0.4, -0.2) is 5.16 Å². The van der Waals surface area contributed by atoms with E-state index in [1.54, 1.807) is 0 Å². The number of hydrogen-bond acceptors (Lipinski definition) is 2. The number of fused-ring (bicyclic) bond motifs is 1. The van der Waals surface area contributed by atoms with E-state index in [1.807, 2.05) is 6.07 Å². The number of hydrogen-bond donors (Lipinski definition) is 0. The maximum absolute atomic E-state index is 5.53. The van der Waals surface area contributed by atoms with Crippen LogP contribution in [0.5, 0.6) is 0 Å². The molecule has 3 rings (SSSR count). The molecule has 0 amide bonds. The summed E-state index contributed by atoms with van der Waals surface area (Å²) < 4.78 is 5.53. The molecule has 0 atom stereocenters. The Hall–Kier alpha value is -1.57. The first kappa shape index (κ1) is 10.6. The predicted octanol–water partition coefficient (Wildman–Crippen LogP) is 4.00. The maximum Gasteiger partial charge on any atom is 0.140 e. The molecule has 1 aliphatic carbocycles. The highest BCUT2D eigenvalue weighted by Crippen LogP contribution is 2.29. The van der Waals surface area contributed by atoms with E-state index in [4.69, 9.17) is 4.52 Å². The summed E-state index contributed by atoms with van der Waals surface area (Å²) in [6.45, 7) is 0. The first-order valence-electron chi connectivity index (χ1n) is 6.48.